The minimum absolute atomic E-state index is 0.132. The minimum Gasteiger partial charge on any atom is -0.355 e. The van der Waals surface area contributed by atoms with Gasteiger partial charge in [0.1, 0.15) is 0 Å². The molecule has 1 aliphatic heterocycles. The second-order valence-corrected chi connectivity index (χ2v) is 6.42. The van der Waals surface area contributed by atoms with Gasteiger partial charge in [-0.15, -0.1) is 0 Å². The molecule has 1 aliphatic rings. The van der Waals surface area contributed by atoms with Crippen LogP contribution in [0.25, 0.3) is 0 Å². The van der Waals surface area contributed by atoms with Gasteiger partial charge >= 0.3 is 0 Å². The third kappa shape index (κ3) is 3.15. The summed E-state index contributed by atoms with van der Waals surface area (Å²) in [6.07, 6.45) is 0.425. The average Bonchev–Trinajstić information content (AvgIpc) is 2.65. The highest BCUT2D eigenvalue weighted by atomic mass is 32.2. The first-order valence-corrected chi connectivity index (χ1v) is 7.71. The monoisotopic (exact) mass is 293 g/mol. The molecule has 1 saturated heterocycles. The lowest BCUT2D eigenvalue weighted by atomic mass is 10.2. The zero-order valence-electron chi connectivity index (χ0n) is 10.9. The molecule has 0 unspecified atom stereocenters. The van der Waals surface area contributed by atoms with Crippen molar-refractivity contribution >= 4 is 15.9 Å². The number of nitrogens with zero attached hydrogens (tertiary/aromatic N) is 2. The predicted molar refractivity (Wildman–Crippen MR) is 72.1 cm³/mol. The van der Waals surface area contributed by atoms with Crippen molar-refractivity contribution in [1.29, 1.82) is 5.26 Å². The highest BCUT2D eigenvalue weighted by molar-refractivity contribution is 7.89. The van der Waals surface area contributed by atoms with Crippen molar-refractivity contribution in [3.8, 4) is 6.07 Å². The molecule has 7 heteroatoms. The number of hydrogen-bond acceptors (Lipinski definition) is 4. The highest BCUT2D eigenvalue weighted by Crippen LogP contribution is 2.17. The molecule has 106 valence electrons. The summed E-state index contributed by atoms with van der Waals surface area (Å²) in [5, 5.41) is 11.2. The molecule has 1 aromatic carbocycles. The quantitative estimate of drug-likeness (QED) is 0.865. The number of nitrogens with one attached hydrogen (secondary N) is 1. The van der Waals surface area contributed by atoms with Crippen molar-refractivity contribution in [3.63, 3.8) is 0 Å². The lowest BCUT2D eigenvalue weighted by Gasteiger charge is -2.19. The molecule has 0 atom stereocenters. The van der Waals surface area contributed by atoms with Crippen molar-refractivity contribution in [2.75, 3.05) is 19.6 Å². The van der Waals surface area contributed by atoms with E-state index in [0.29, 0.717) is 6.54 Å². The first kappa shape index (κ1) is 14.5. The Labute approximate surface area is 118 Å². The molecule has 0 aromatic heterocycles. The normalized spacial score (nSPS) is 17.1. The summed E-state index contributed by atoms with van der Waals surface area (Å²) in [7, 11) is -3.58. The van der Waals surface area contributed by atoms with Crippen molar-refractivity contribution in [1.82, 2.24) is 9.62 Å². The van der Waals surface area contributed by atoms with E-state index in [0.717, 1.165) is 5.56 Å². The number of hydrogen-bond donors (Lipinski definition) is 1. The molecule has 1 aromatic rings. The molecule has 1 heterocycles. The van der Waals surface area contributed by atoms with Crippen LogP contribution in [0, 0.1) is 11.3 Å². The van der Waals surface area contributed by atoms with Gasteiger partial charge in [-0.3, -0.25) is 4.79 Å². The standard InChI is InChI=1S/C13H15N3O3S/c14-7-5-11-1-3-12(4-2-11)20(18,19)16-9-6-13(17)15-8-10-16/h1-4H,5-6,8-10H2,(H,15,17). The minimum atomic E-state index is -3.58. The zero-order valence-corrected chi connectivity index (χ0v) is 11.7. The molecular formula is C13H15N3O3S. The van der Waals surface area contributed by atoms with Gasteiger partial charge in [0.25, 0.3) is 0 Å². The Morgan fingerprint density at radius 3 is 2.60 bits per heavy atom. The zero-order chi connectivity index (χ0) is 14.6. The van der Waals surface area contributed by atoms with E-state index in [1.165, 1.54) is 16.4 Å². The molecule has 0 saturated carbocycles. The van der Waals surface area contributed by atoms with Crippen molar-refractivity contribution in [2.24, 2.45) is 0 Å². The van der Waals surface area contributed by atoms with Crippen LogP contribution in [0.5, 0.6) is 0 Å². The van der Waals surface area contributed by atoms with Crippen LogP contribution in [0.15, 0.2) is 29.2 Å². The number of nitriles is 1. The number of carbonyl (C=O) groups excluding carboxylic acids is 1. The fourth-order valence-electron chi connectivity index (χ4n) is 2.01. The van der Waals surface area contributed by atoms with Gasteiger partial charge in [-0.1, -0.05) is 12.1 Å². The van der Waals surface area contributed by atoms with Crippen LogP contribution >= 0.6 is 0 Å². The lowest BCUT2D eigenvalue weighted by molar-refractivity contribution is -0.120. The second kappa shape index (κ2) is 6.03. The van der Waals surface area contributed by atoms with Crippen molar-refractivity contribution in [3.05, 3.63) is 29.8 Å². The average molecular weight is 293 g/mol. The van der Waals surface area contributed by atoms with Gasteiger partial charge in [-0.25, -0.2) is 8.42 Å². The summed E-state index contributed by atoms with van der Waals surface area (Å²) in [6.45, 7) is 0.784. The van der Waals surface area contributed by atoms with E-state index in [2.05, 4.69) is 5.32 Å². The van der Waals surface area contributed by atoms with Gasteiger partial charge in [-0.2, -0.15) is 9.57 Å². The molecule has 0 bridgehead atoms. The van der Waals surface area contributed by atoms with Crippen LogP contribution in [0.2, 0.25) is 0 Å². The van der Waals surface area contributed by atoms with Crippen LogP contribution in [0.3, 0.4) is 0 Å². The molecule has 1 N–H and O–H groups in total. The lowest BCUT2D eigenvalue weighted by Crippen LogP contribution is -2.34. The maximum atomic E-state index is 12.4. The van der Waals surface area contributed by atoms with Gasteiger partial charge < -0.3 is 5.32 Å². The number of benzene rings is 1. The number of amides is 1. The van der Waals surface area contributed by atoms with Crippen LogP contribution < -0.4 is 5.32 Å². The molecule has 2 rings (SSSR count). The third-order valence-electron chi connectivity index (χ3n) is 3.12. The number of rotatable bonds is 3. The molecule has 0 aliphatic carbocycles. The van der Waals surface area contributed by atoms with E-state index >= 15 is 0 Å². The van der Waals surface area contributed by atoms with Gasteiger partial charge in [0.2, 0.25) is 15.9 Å². The van der Waals surface area contributed by atoms with Crippen LogP contribution in [-0.2, 0) is 21.2 Å². The Balaban J connectivity index is 2.21. The molecule has 20 heavy (non-hydrogen) atoms. The summed E-state index contributed by atoms with van der Waals surface area (Å²) in [6, 6.07) is 8.29. The third-order valence-corrected chi connectivity index (χ3v) is 5.03. The van der Waals surface area contributed by atoms with Gasteiger partial charge in [-0.05, 0) is 17.7 Å². The van der Waals surface area contributed by atoms with Crippen molar-refractivity contribution < 1.29 is 13.2 Å². The smallest absolute Gasteiger partial charge is 0.243 e. The Morgan fingerprint density at radius 1 is 1.25 bits per heavy atom. The maximum absolute atomic E-state index is 12.4. The predicted octanol–water partition coefficient (Wildman–Crippen LogP) is 0.263. The van der Waals surface area contributed by atoms with Gasteiger partial charge in [0.05, 0.1) is 17.4 Å². The SMILES string of the molecule is N#CCc1ccc(S(=O)(=O)N2CCNC(=O)CC2)cc1. The summed E-state index contributed by atoms with van der Waals surface area (Å²) in [5.74, 6) is -0.132. The summed E-state index contributed by atoms with van der Waals surface area (Å²) in [5.41, 5.74) is 0.777. The molecule has 1 amide bonds. The van der Waals surface area contributed by atoms with E-state index in [4.69, 9.17) is 5.26 Å². The molecule has 6 nitrogen and oxygen atoms in total. The van der Waals surface area contributed by atoms with Crippen LogP contribution in [0.4, 0.5) is 0 Å². The fraction of sp³-hybridized carbons (Fsp3) is 0.385. The largest absolute Gasteiger partial charge is 0.355 e. The van der Waals surface area contributed by atoms with Crippen LogP contribution in [-0.4, -0.2) is 38.3 Å². The number of carbonyl (C=O) groups is 1. The molecule has 0 radical (unpaired) electrons. The van der Waals surface area contributed by atoms with E-state index in [9.17, 15) is 13.2 Å². The van der Waals surface area contributed by atoms with Gasteiger partial charge in [0, 0.05) is 26.1 Å². The second-order valence-electron chi connectivity index (χ2n) is 4.48. The Hall–Kier alpha value is -1.91. The number of sulfonamides is 1. The topological polar surface area (TPSA) is 90.3 Å². The highest BCUT2D eigenvalue weighted by Gasteiger charge is 2.26. The first-order chi connectivity index (χ1) is 9.54. The molecule has 0 spiro atoms. The Morgan fingerprint density at radius 2 is 1.95 bits per heavy atom. The van der Waals surface area contributed by atoms with Crippen LogP contribution in [0.1, 0.15) is 12.0 Å². The van der Waals surface area contributed by atoms with Crippen molar-refractivity contribution in [2.45, 2.75) is 17.7 Å². The van der Waals surface area contributed by atoms with E-state index < -0.39 is 10.0 Å². The molecule has 1 fully saturated rings. The Kier molecular flexibility index (Phi) is 4.37. The van der Waals surface area contributed by atoms with E-state index in [1.54, 1.807) is 12.1 Å². The maximum Gasteiger partial charge on any atom is 0.243 e. The van der Waals surface area contributed by atoms with E-state index in [1.807, 2.05) is 6.07 Å². The Bertz CT molecular complexity index is 632. The fourth-order valence-corrected chi connectivity index (χ4v) is 3.45. The summed E-state index contributed by atoms with van der Waals surface area (Å²) >= 11 is 0. The summed E-state index contributed by atoms with van der Waals surface area (Å²) in [4.78, 5) is 11.4. The molecular weight excluding hydrogens is 278 g/mol. The first-order valence-electron chi connectivity index (χ1n) is 6.27. The van der Waals surface area contributed by atoms with E-state index in [-0.39, 0.29) is 36.7 Å². The summed E-state index contributed by atoms with van der Waals surface area (Å²) < 4.78 is 26.2. The van der Waals surface area contributed by atoms with Gasteiger partial charge in [0.15, 0.2) is 0 Å².